The number of hydrogen-bond acceptors (Lipinski definition) is 5. The second-order valence-electron chi connectivity index (χ2n) is 8.95. The molecule has 2 aromatic carbocycles. The molecule has 32 heavy (non-hydrogen) atoms. The molecule has 3 atom stereocenters. The molecule has 7 nitrogen and oxygen atoms in total. The standard InChI is InChI=1S/C24H31N3O4S/c1-17(26-32(30)31)18-7-9-20(10-8-18)24(12-13-24)23(29)25-22(19-5-3-2-4-6-19)16-27-14-11-21(28)15-27/h2-10,17,21-22,28,32H,11-16H2,1H3,(H,25,29)(H,26,30,31)/t17?,21-,22+/m0/s1. The summed E-state index contributed by atoms with van der Waals surface area (Å²) in [5.74, 6) is 0.0210. The normalized spacial score (nSPS) is 21.9. The summed E-state index contributed by atoms with van der Waals surface area (Å²) in [6.07, 6.45) is 2.05. The van der Waals surface area contributed by atoms with E-state index in [4.69, 9.17) is 0 Å². The molecule has 4 rings (SSSR count). The third-order valence-corrected chi connectivity index (χ3v) is 7.24. The van der Waals surface area contributed by atoms with E-state index >= 15 is 0 Å². The van der Waals surface area contributed by atoms with Gasteiger partial charge in [-0.3, -0.25) is 9.69 Å². The second kappa shape index (κ2) is 9.70. The first-order valence-electron chi connectivity index (χ1n) is 11.1. The lowest BCUT2D eigenvalue weighted by Gasteiger charge is -2.27. The highest BCUT2D eigenvalue weighted by Crippen LogP contribution is 2.49. The Morgan fingerprint density at radius 3 is 2.38 bits per heavy atom. The van der Waals surface area contributed by atoms with Crippen molar-refractivity contribution in [2.75, 3.05) is 19.6 Å². The number of aliphatic hydroxyl groups is 1. The number of likely N-dealkylation sites (tertiary alicyclic amines) is 1. The molecule has 1 aliphatic heterocycles. The molecule has 0 aromatic heterocycles. The fourth-order valence-corrected chi connectivity index (χ4v) is 5.01. The van der Waals surface area contributed by atoms with Crippen LogP contribution in [-0.2, 0) is 21.1 Å². The zero-order chi connectivity index (χ0) is 22.7. The molecule has 1 saturated heterocycles. The van der Waals surface area contributed by atoms with Gasteiger partial charge in [-0.15, -0.1) is 0 Å². The first-order chi connectivity index (χ1) is 15.4. The Labute approximate surface area is 190 Å². The topological polar surface area (TPSA) is 98.7 Å². The number of benzene rings is 2. The predicted octanol–water partition coefficient (Wildman–Crippen LogP) is 1.82. The van der Waals surface area contributed by atoms with E-state index in [9.17, 15) is 18.3 Å². The Morgan fingerprint density at radius 2 is 1.81 bits per heavy atom. The molecule has 1 saturated carbocycles. The minimum atomic E-state index is -2.67. The molecule has 3 N–H and O–H groups in total. The van der Waals surface area contributed by atoms with Crippen LogP contribution >= 0.6 is 0 Å². The van der Waals surface area contributed by atoms with Gasteiger partial charge in [0.2, 0.25) is 16.8 Å². The summed E-state index contributed by atoms with van der Waals surface area (Å²) in [6, 6.07) is 17.2. The van der Waals surface area contributed by atoms with E-state index in [2.05, 4.69) is 14.9 Å². The van der Waals surface area contributed by atoms with Crippen LogP contribution in [0.25, 0.3) is 0 Å². The molecule has 2 aliphatic rings. The van der Waals surface area contributed by atoms with E-state index in [1.807, 2.05) is 54.6 Å². The number of rotatable bonds is 9. The highest BCUT2D eigenvalue weighted by atomic mass is 32.2. The Morgan fingerprint density at radius 1 is 1.12 bits per heavy atom. The number of nitrogens with one attached hydrogen (secondary N) is 2. The molecule has 1 unspecified atom stereocenters. The number of carbonyl (C=O) groups is 1. The van der Waals surface area contributed by atoms with Gasteiger partial charge in [0.25, 0.3) is 0 Å². The monoisotopic (exact) mass is 457 g/mol. The minimum absolute atomic E-state index is 0.0210. The van der Waals surface area contributed by atoms with Crippen LogP contribution in [0.2, 0.25) is 0 Å². The number of aliphatic hydroxyl groups excluding tert-OH is 1. The molecule has 2 fully saturated rings. The smallest absolute Gasteiger partial charge is 0.231 e. The third kappa shape index (κ3) is 5.20. The molecule has 1 aliphatic carbocycles. The quantitative estimate of drug-likeness (QED) is 0.431. The number of amides is 1. The zero-order valence-corrected chi connectivity index (χ0v) is 19.1. The van der Waals surface area contributed by atoms with Crippen LogP contribution in [0, 0.1) is 0 Å². The summed E-state index contributed by atoms with van der Waals surface area (Å²) < 4.78 is 24.3. The summed E-state index contributed by atoms with van der Waals surface area (Å²) in [5.41, 5.74) is 2.34. The van der Waals surface area contributed by atoms with Crippen molar-refractivity contribution in [3.05, 3.63) is 71.3 Å². The van der Waals surface area contributed by atoms with E-state index in [0.29, 0.717) is 13.1 Å². The molecule has 0 bridgehead atoms. The highest BCUT2D eigenvalue weighted by Gasteiger charge is 2.51. The van der Waals surface area contributed by atoms with Crippen LogP contribution in [-0.4, -0.2) is 50.1 Å². The molecule has 0 radical (unpaired) electrons. The van der Waals surface area contributed by atoms with Gasteiger partial charge >= 0.3 is 0 Å². The van der Waals surface area contributed by atoms with Crippen molar-refractivity contribution in [1.82, 2.24) is 14.9 Å². The molecule has 172 valence electrons. The first kappa shape index (κ1) is 22.9. The molecule has 0 spiro atoms. The maximum absolute atomic E-state index is 13.4. The molecule has 2 aromatic rings. The van der Waals surface area contributed by atoms with Gasteiger partial charge in [-0.1, -0.05) is 54.6 Å². The SMILES string of the molecule is CC(N[SH](=O)=O)c1ccc(C2(C(=O)N[C@H](CN3CC[C@H](O)C3)c3ccccc3)CC2)cc1. The Kier molecular flexibility index (Phi) is 6.95. The highest BCUT2D eigenvalue weighted by molar-refractivity contribution is 7.70. The van der Waals surface area contributed by atoms with Gasteiger partial charge in [-0.05, 0) is 42.9 Å². The van der Waals surface area contributed by atoms with Crippen molar-refractivity contribution in [3.63, 3.8) is 0 Å². The lowest BCUT2D eigenvalue weighted by molar-refractivity contribution is -0.124. The van der Waals surface area contributed by atoms with Gasteiger partial charge < -0.3 is 10.4 Å². The summed E-state index contributed by atoms with van der Waals surface area (Å²) in [4.78, 5) is 15.6. The number of hydrogen-bond donors (Lipinski definition) is 4. The van der Waals surface area contributed by atoms with Gasteiger partial charge in [-0.2, -0.15) is 0 Å². The number of β-amino-alcohol motifs (C(OH)–C–C–N with tert-alkyl or cyclic N) is 1. The van der Waals surface area contributed by atoms with Crippen LogP contribution in [0.5, 0.6) is 0 Å². The van der Waals surface area contributed by atoms with Crippen LogP contribution in [0.15, 0.2) is 54.6 Å². The van der Waals surface area contributed by atoms with Gasteiger partial charge in [0.05, 0.1) is 17.6 Å². The summed E-state index contributed by atoms with van der Waals surface area (Å²) in [6.45, 7) is 3.92. The maximum Gasteiger partial charge on any atom is 0.231 e. The van der Waals surface area contributed by atoms with Crippen LogP contribution in [0.1, 0.15) is 55.0 Å². The Hall–Kier alpha value is -2.26. The van der Waals surface area contributed by atoms with Crippen molar-refractivity contribution in [2.45, 2.75) is 49.8 Å². The summed E-state index contributed by atoms with van der Waals surface area (Å²) >= 11 is 0. The van der Waals surface area contributed by atoms with Gasteiger partial charge in [-0.25, -0.2) is 13.1 Å². The fraction of sp³-hybridized carbons (Fsp3) is 0.458. The van der Waals surface area contributed by atoms with E-state index in [0.717, 1.165) is 42.5 Å². The van der Waals surface area contributed by atoms with E-state index < -0.39 is 16.3 Å². The lowest BCUT2D eigenvalue weighted by atomic mass is 9.92. The maximum atomic E-state index is 13.4. The largest absolute Gasteiger partial charge is 0.392 e. The fourth-order valence-electron chi connectivity index (χ4n) is 4.55. The predicted molar refractivity (Wildman–Crippen MR) is 124 cm³/mol. The number of thiol groups is 1. The third-order valence-electron chi connectivity index (χ3n) is 6.64. The van der Waals surface area contributed by atoms with E-state index in [1.54, 1.807) is 6.92 Å². The van der Waals surface area contributed by atoms with Crippen LogP contribution in [0.4, 0.5) is 0 Å². The van der Waals surface area contributed by atoms with Crippen molar-refractivity contribution < 1.29 is 18.3 Å². The van der Waals surface area contributed by atoms with Gasteiger partial charge in [0.15, 0.2) is 0 Å². The van der Waals surface area contributed by atoms with Crippen LogP contribution in [0.3, 0.4) is 0 Å². The second-order valence-corrected chi connectivity index (χ2v) is 9.72. The molecule has 8 heteroatoms. The number of nitrogens with zero attached hydrogens (tertiary/aromatic N) is 1. The molecular weight excluding hydrogens is 426 g/mol. The van der Waals surface area contributed by atoms with Crippen molar-refractivity contribution in [2.24, 2.45) is 0 Å². The average Bonchev–Trinajstić information content (AvgIpc) is 3.50. The average molecular weight is 458 g/mol. The molecular formula is C24H31N3O4S. The zero-order valence-electron chi connectivity index (χ0n) is 18.2. The summed E-state index contributed by atoms with van der Waals surface area (Å²) in [5, 5.41) is 13.2. The lowest BCUT2D eigenvalue weighted by Crippen LogP contribution is -2.42. The number of carbonyl (C=O) groups excluding carboxylic acids is 1. The van der Waals surface area contributed by atoms with Crippen LogP contribution < -0.4 is 10.0 Å². The van der Waals surface area contributed by atoms with Gasteiger partial charge in [0, 0.05) is 25.7 Å². The molecule has 1 amide bonds. The van der Waals surface area contributed by atoms with Crippen molar-refractivity contribution in [1.29, 1.82) is 0 Å². The minimum Gasteiger partial charge on any atom is -0.392 e. The van der Waals surface area contributed by atoms with E-state index in [-0.39, 0.29) is 24.1 Å². The Bertz CT molecular complexity index is 998. The van der Waals surface area contributed by atoms with E-state index in [1.165, 1.54) is 0 Å². The van der Waals surface area contributed by atoms with Gasteiger partial charge in [0.1, 0.15) is 0 Å². The van der Waals surface area contributed by atoms with Crippen molar-refractivity contribution in [3.8, 4) is 0 Å². The summed E-state index contributed by atoms with van der Waals surface area (Å²) in [7, 11) is -2.67. The van der Waals surface area contributed by atoms with Crippen molar-refractivity contribution >= 4 is 16.8 Å². The Balaban J connectivity index is 1.49. The first-order valence-corrected chi connectivity index (χ1v) is 12.3. The molecule has 1 heterocycles.